The number of amides is 1. The van der Waals surface area contributed by atoms with Crippen LogP contribution >= 0.6 is 0 Å². The minimum Gasteiger partial charge on any atom is -0.376 e. The fraction of sp³-hybridized carbons (Fsp3) is 0.391. The van der Waals surface area contributed by atoms with Gasteiger partial charge in [0.25, 0.3) is 11.9 Å². The number of benzene rings is 1. The minimum absolute atomic E-state index is 0.124. The van der Waals surface area contributed by atoms with Crippen LogP contribution in [-0.4, -0.2) is 58.1 Å². The van der Waals surface area contributed by atoms with Crippen LogP contribution < -0.4 is 5.32 Å². The minimum atomic E-state index is -0.196. The molecule has 1 aliphatic heterocycles. The van der Waals surface area contributed by atoms with E-state index >= 15 is 0 Å². The van der Waals surface area contributed by atoms with Crippen LogP contribution in [0.5, 0.6) is 0 Å². The van der Waals surface area contributed by atoms with E-state index < -0.39 is 0 Å². The molecule has 3 heterocycles. The SMILES string of the molecule is Cc1c(C(=O)NC[C@@H]2COCCO2)cnn1-c1ncc2c(n1)-c1ccccc1CCC2. The van der Waals surface area contributed by atoms with E-state index in [1.54, 1.807) is 10.9 Å². The number of carbonyl (C=O) groups is 1. The number of rotatable bonds is 4. The lowest BCUT2D eigenvalue weighted by molar-refractivity contribution is -0.0855. The Kier molecular flexibility index (Phi) is 5.48. The molecule has 0 spiro atoms. The molecule has 2 aromatic heterocycles. The summed E-state index contributed by atoms with van der Waals surface area (Å²) in [6.07, 6.45) is 6.38. The van der Waals surface area contributed by atoms with Gasteiger partial charge in [-0.1, -0.05) is 24.3 Å². The Morgan fingerprint density at radius 2 is 2.06 bits per heavy atom. The molecule has 1 amide bonds. The highest BCUT2D eigenvalue weighted by Crippen LogP contribution is 2.31. The maximum absolute atomic E-state index is 12.7. The summed E-state index contributed by atoms with van der Waals surface area (Å²) in [6, 6.07) is 8.38. The van der Waals surface area contributed by atoms with E-state index in [0.29, 0.717) is 43.6 Å². The van der Waals surface area contributed by atoms with Crippen molar-refractivity contribution in [3.8, 4) is 17.2 Å². The third-order valence-corrected chi connectivity index (χ3v) is 5.84. The number of hydrogen-bond acceptors (Lipinski definition) is 6. The summed E-state index contributed by atoms with van der Waals surface area (Å²) in [7, 11) is 0. The van der Waals surface area contributed by atoms with Crippen molar-refractivity contribution in [1.82, 2.24) is 25.1 Å². The maximum Gasteiger partial charge on any atom is 0.254 e. The Morgan fingerprint density at radius 3 is 2.94 bits per heavy atom. The van der Waals surface area contributed by atoms with Gasteiger partial charge < -0.3 is 14.8 Å². The standard InChI is InChI=1S/C23H25N5O3/c1-15-20(22(29)24-12-18-14-30-9-10-31-18)13-26-28(15)23-25-11-17-7-4-6-16-5-2-3-8-19(16)21(17)27-23/h2-3,5,8,11,13,18H,4,6-7,9-10,12,14H2,1H3,(H,24,29)/t18-/m1/s1. The number of hydrogen-bond donors (Lipinski definition) is 1. The molecule has 3 aromatic rings. The fourth-order valence-corrected chi connectivity index (χ4v) is 4.14. The Bertz CT molecular complexity index is 1100. The van der Waals surface area contributed by atoms with Crippen molar-refractivity contribution in [2.45, 2.75) is 32.3 Å². The van der Waals surface area contributed by atoms with Gasteiger partial charge >= 0.3 is 0 Å². The van der Waals surface area contributed by atoms with Crippen molar-refractivity contribution in [2.24, 2.45) is 0 Å². The van der Waals surface area contributed by atoms with Crippen LogP contribution in [0.2, 0.25) is 0 Å². The summed E-state index contributed by atoms with van der Waals surface area (Å²) < 4.78 is 12.6. The van der Waals surface area contributed by atoms with Crippen molar-refractivity contribution in [3.63, 3.8) is 0 Å². The second kappa shape index (κ2) is 8.56. The largest absolute Gasteiger partial charge is 0.376 e. The van der Waals surface area contributed by atoms with Gasteiger partial charge in [0.05, 0.1) is 49.1 Å². The number of aromatic nitrogens is 4. The van der Waals surface area contributed by atoms with Gasteiger partial charge in [-0.05, 0) is 37.3 Å². The third-order valence-electron chi connectivity index (χ3n) is 5.84. The molecule has 0 unspecified atom stereocenters. The Labute approximate surface area is 180 Å². The topological polar surface area (TPSA) is 91.2 Å². The zero-order valence-electron chi connectivity index (χ0n) is 17.5. The molecule has 2 aliphatic rings. The number of aryl methyl sites for hydroxylation is 2. The van der Waals surface area contributed by atoms with E-state index in [-0.39, 0.29) is 12.0 Å². The summed E-state index contributed by atoms with van der Waals surface area (Å²) in [5.41, 5.74) is 5.74. The average Bonchev–Trinajstić information content (AvgIpc) is 3.09. The lowest BCUT2D eigenvalue weighted by atomic mass is 10.0. The molecule has 1 aliphatic carbocycles. The van der Waals surface area contributed by atoms with Gasteiger partial charge in [0, 0.05) is 18.3 Å². The Balaban J connectivity index is 1.40. The fourth-order valence-electron chi connectivity index (χ4n) is 4.14. The highest BCUT2D eigenvalue weighted by Gasteiger charge is 2.21. The summed E-state index contributed by atoms with van der Waals surface area (Å²) >= 11 is 0. The summed E-state index contributed by atoms with van der Waals surface area (Å²) in [5.74, 6) is 0.272. The van der Waals surface area contributed by atoms with E-state index in [0.717, 1.165) is 36.1 Å². The van der Waals surface area contributed by atoms with E-state index in [1.807, 2.05) is 19.2 Å². The van der Waals surface area contributed by atoms with Gasteiger partial charge in [-0.25, -0.2) is 14.6 Å². The monoisotopic (exact) mass is 419 g/mol. The number of nitrogens with zero attached hydrogens (tertiary/aromatic N) is 4. The summed E-state index contributed by atoms with van der Waals surface area (Å²) in [5, 5.41) is 7.31. The third kappa shape index (κ3) is 3.96. The number of carbonyl (C=O) groups excluding carboxylic acids is 1. The molecule has 0 radical (unpaired) electrons. The molecule has 1 saturated heterocycles. The highest BCUT2D eigenvalue weighted by molar-refractivity contribution is 5.95. The van der Waals surface area contributed by atoms with Gasteiger partial charge in [0.15, 0.2) is 0 Å². The van der Waals surface area contributed by atoms with E-state index in [2.05, 4.69) is 33.6 Å². The average molecular weight is 419 g/mol. The highest BCUT2D eigenvalue weighted by atomic mass is 16.6. The molecule has 8 heteroatoms. The number of fused-ring (bicyclic) bond motifs is 3. The molecule has 1 atom stereocenters. The Hall–Kier alpha value is -3.10. The van der Waals surface area contributed by atoms with Gasteiger partial charge in [0.2, 0.25) is 0 Å². The van der Waals surface area contributed by atoms with Crippen LogP contribution in [0.3, 0.4) is 0 Å². The Morgan fingerprint density at radius 1 is 1.19 bits per heavy atom. The normalized spacial score (nSPS) is 18.0. The lowest BCUT2D eigenvalue weighted by Crippen LogP contribution is -2.39. The first kappa shape index (κ1) is 19.8. The van der Waals surface area contributed by atoms with Crippen molar-refractivity contribution in [2.75, 3.05) is 26.4 Å². The van der Waals surface area contributed by atoms with E-state index in [4.69, 9.17) is 14.5 Å². The lowest BCUT2D eigenvalue weighted by Gasteiger charge is -2.23. The van der Waals surface area contributed by atoms with Crippen LogP contribution in [0.25, 0.3) is 17.2 Å². The molecule has 1 N–H and O–H groups in total. The first-order chi connectivity index (χ1) is 15.2. The molecular formula is C23H25N5O3. The van der Waals surface area contributed by atoms with Crippen LogP contribution in [0.4, 0.5) is 0 Å². The van der Waals surface area contributed by atoms with Crippen LogP contribution in [-0.2, 0) is 22.3 Å². The second-order valence-electron chi connectivity index (χ2n) is 7.89. The predicted octanol–water partition coefficient (Wildman–Crippen LogP) is 2.27. The van der Waals surface area contributed by atoms with Gasteiger partial charge in [0.1, 0.15) is 0 Å². The van der Waals surface area contributed by atoms with Crippen LogP contribution in [0.15, 0.2) is 36.7 Å². The van der Waals surface area contributed by atoms with Crippen molar-refractivity contribution in [1.29, 1.82) is 0 Å². The van der Waals surface area contributed by atoms with E-state index in [9.17, 15) is 4.79 Å². The molecule has 5 rings (SSSR count). The smallest absolute Gasteiger partial charge is 0.254 e. The van der Waals surface area contributed by atoms with E-state index in [1.165, 1.54) is 5.56 Å². The predicted molar refractivity (Wildman–Crippen MR) is 114 cm³/mol. The summed E-state index contributed by atoms with van der Waals surface area (Å²) in [4.78, 5) is 22.1. The van der Waals surface area contributed by atoms with Gasteiger partial charge in [-0.3, -0.25) is 4.79 Å². The second-order valence-corrected chi connectivity index (χ2v) is 7.89. The number of nitrogens with one attached hydrogen (secondary N) is 1. The first-order valence-corrected chi connectivity index (χ1v) is 10.7. The molecule has 0 saturated carbocycles. The molecule has 160 valence electrons. The maximum atomic E-state index is 12.7. The molecule has 8 nitrogen and oxygen atoms in total. The van der Waals surface area contributed by atoms with Gasteiger partial charge in [-0.15, -0.1) is 0 Å². The molecule has 0 bridgehead atoms. The molecule has 1 fully saturated rings. The van der Waals surface area contributed by atoms with Crippen molar-refractivity contribution >= 4 is 5.91 Å². The van der Waals surface area contributed by atoms with Crippen molar-refractivity contribution < 1.29 is 14.3 Å². The number of ether oxygens (including phenoxy) is 2. The molecular weight excluding hydrogens is 394 g/mol. The summed E-state index contributed by atoms with van der Waals surface area (Å²) in [6.45, 7) is 3.89. The quantitative estimate of drug-likeness (QED) is 0.698. The van der Waals surface area contributed by atoms with Crippen LogP contribution in [0.1, 0.15) is 33.6 Å². The van der Waals surface area contributed by atoms with Crippen LogP contribution in [0, 0.1) is 6.92 Å². The molecule has 1 aromatic carbocycles. The van der Waals surface area contributed by atoms with Crippen molar-refractivity contribution in [3.05, 3.63) is 59.0 Å². The zero-order chi connectivity index (χ0) is 21.2. The first-order valence-electron chi connectivity index (χ1n) is 10.7. The zero-order valence-corrected chi connectivity index (χ0v) is 17.5. The van der Waals surface area contributed by atoms with Gasteiger partial charge in [-0.2, -0.15) is 5.10 Å². The molecule has 31 heavy (non-hydrogen) atoms.